The van der Waals surface area contributed by atoms with Crippen molar-refractivity contribution in [2.45, 2.75) is 32.8 Å². The second kappa shape index (κ2) is 6.65. The lowest BCUT2D eigenvalue weighted by Crippen LogP contribution is -2.41. The second-order valence-electron chi connectivity index (χ2n) is 5.07. The molecule has 1 aliphatic rings. The van der Waals surface area contributed by atoms with Crippen LogP contribution in [-0.4, -0.2) is 47.9 Å². The highest BCUT2D eigenvalue weighted by atomic mass is 35.5. The minimum Gasteiger partial charge on any atom is -0.510 e. The lowest BCUT2D eigenvalue weighted by molar-refractivity contribution is -0.136. The normalized spacial score (nSPS) is 15.7. The molecule has 0 fully saturated rings. The first kappa shape index (κ1) is 17.6. The van der Waals surface area contributed by atoms with E-state index in [2.05, 4.69) is 4.74 Å². The number of nitrogens with zero attached hydrogens (tertiary/aromatic N) is 1. The third-order valence-corrected chi connectivity index (χ3v) is 2.40. The maximum atomic E-state index is 11.8. The summed E-state index contributed by atoms with van der Waals surface area (Å²) in [5.41, 5.74) is -0.365. The van der Waals surface area contributed by atoms with Crippen molar-refractivity contribution >= 4 is 24.5 Å². The number of rotatable bonds is 1. The van der Waals surface area contributed by atoms with Gasteiger partial charge >= 0.3 is 12.1 Å². The lowest BCUT2D eigenvalue weighted by Gasteiger charge is -2.30. The average molecular weight is 294 g/mol. The van der Waals surface area contributed by atoms with Crippen LogP contribution in [0.25, 0.3) is 0 Å². The lowest BCUT2D eigenvalue weighted by atomic mass is 10.1. The number of hydrogen-bond donors (Lipinski definition) is 1. The fraction of sp³-hybridized carbons (Fsp3) is 0.667. The molecule has 1 rings (SSSR count). The summed E-state index contributed by atoms with van der Waals surface area (Å²) in [4.78, 5) is 24.4. The number of ether oxygens (including phenoxy) is 2. The van der Waals surface area contributed by atoms with Crippen molar-refractivity contribution < 1.29 is 24.2 Å². The summed E-state index contributed by atoms with van der Waals surface area (Å²) in [5, 5.41) is 9.72. The summed E-state index contributed by atoms with van der Waals surface area (Å²) in [6.45, 7) is 5.60. The Kier molecular flexibility index (Phi) is 6.15. The molecule has 0 aliphatic carbocycles. The van der Waals surface area contributed by atoms with Gasteiger partial charge in [-0.05, 0) is 20.8 Å². The second-order valence-corrected chi connectivity index (χ2v) is 5.07. The summed E-state index contributed by atoms with van der Waals surface area (Å²) in [7, 11) is 1.25. The Labute approximate surface area is 118 Å². The highest BCUT2D eigenvalue weighted by molar-refractivity contribution is 5.89. The molecule has 6 nitrogen and oxygen atoms in total. The van der Waals surface area contributed by atoms with Crippen LogP contribution in [0.15, 0.2) is 11.3 Å². The summed E-state index contributed by atoms with van der Waals surface area (Å²) >= 11 is 0. The quantitative estimate of drug-likeness (QED) is 0.749. The van der Waals surface area contributed by atoms with E-state index in [0.717, 1.165) is 0 Å². The van der Waals surface area contributed by atoms with Gasteiger partial charge in [-0.25, -0.2) is 9.59 Å². The van der Waals surface area contributed by atoms with E-state index in [1.54, 1.807) is 20.8 Å². The number of carbonyl (C=O) groups is 2. The zero-order chi connectivity index (χ0) is 13.9. The number of aliphatic hydroxyl groups excluding tert-OH is 1. The van der Waals surface area contributed by atoms with Gasteiger partial charge in [-0.2, -0.15) is 0 Å². The van der Waals surface area contributed by atoms with Gasteiger partial charge in [-0.15, -0.1) is 12.4 Å². The van der Waals surface area contributed by atoms with Crippen molar-refractivity contribution in [3.63, 3.8) is 0 Å². The first-order valence-electron chi connectivity index (χ1n) is 5.72. The average Bonchev–Trinajstić information content (AvgIpc) is 2.25. The molecule has 1 aliphatic heterocycles. The van der Waals surface area contributed by atoms with Crippen LogP contribution in [0.3, 0.4) is 0 Å². The standard InChI is InChI=1S/C12H19NO5.ClH/c1-12(2,3)18-11(16)13-6-5-8(9(14)7-13)10(15)17-4;/h14H,5-7H2,1-4H3;1H. The van der Waals surface area contributed by atoms with Gasteiger partial charge in [0.1, 0.15) is 11.4 Å². The topological polar surface area (TPSA) is 76.1 Å². The van der Waals surface area contributed by atoms with Crippen LogP contribution in [-0.2, 0) is 14.3 Å². The number of aliphatic hydroxyl groups is 1. The van der Waals surface area contributed by atoms with Gasteiger partial charge in [0.15, 0.2) is 0 Å². The number of amides is 1. The summed E-state index contributed by atoms with van der Waals surface area (Å²) in [6.07, 6.45) is -0.240. The van der Waals surface area contributed by atoms with Gasteiger partial charge in [0, 0.05) is 13.0 Å². The molecule has 110 valence electrons. The molecule has 0 radical (unpaired) electrons. The van der Waals surface area contributed by atoms with Gasteiger partial charge in [-0.3, -0.25) is 0 Å². The van der Waals surface area contributed by atoms with Crippen molar-refractivity contribution in [1.82, 2.24) is 4.90 Å². The summed E-state index contributed by atoms with van der Waals surface area (Å²) < 4.78 is 9.73. The molecule has 7 heteroatoms. The first-order valence-corrected chi connectivity index (χ1v) is 5.72. The van der Waals surface area contributed by atoms with Crippen molar-refractivity contribution in [3.05, 3.63) is 11.3 Å². The molecule has 0 aromatic rings. The molecule has 0 unspecified atom stereocenters. The van der Waals surface area contributed by atoms with E-state index in [-0.39, 0.29) is 36.7 Å². The van der Waals surface area contributed by atoms with E-state index in [9.17, 15) is 14.7 Å². The molecule has 1 heterocycles. The molecule has 0 saturated carbocycles. The molecule has 0 spiro atoms. The van der Waals surface area contributed by atoms with Gasteiger partial charge < -0.3 is 19.5 Å². The van der Waals surface area contributed by atoms with Crippen molar-refractivity contribution in [2.24, 2.45) is 0 Å². The number of esters is 1. The van der Waals surface area contributed by atoms with Crippen molar-refractivity contribution in [1.29, 1.82) is 0 Å². The third-order valence-electron chi connectivity index (χ3n) is 2.40. The monoisotopic (exact) mass is 293 g/mol. The van der Waals surface area contributed by atoms with E-state index < -0.39 is 17.7 Å². The molecule has 19 heavy (non-hydrogen) atoms. The molecular weight excluding hydrogens is 274 g/mol. The van der Waals surface area contributed by atoms with Gasteiger partial charge in [0.25, 0.3) is 0 Å². The van der Waals surface area contributed by atoms with Crippen LogP contribution in [0.4, 0.5) is 4.79 Å². The predicted molar refractivity (Wildman–Crippen MR) is 71.3 cm³/mol. The minimum absolute atomic E-state index is 0. The van der Waals surface area contributed by atoms with Crippen molar-refractivity contribution in [2.75, 3.05) is 20.2 Å². The Morgan fingerprint density at radius 1 is 1.32 bits per heavy atom. The fourth-order valence-corrected chi connectivity index (χ4v) is 1.57. The Bertz CT molecular complexity index is 386. The Morgan fingerprint density at radius 3 is 2.32 bits per heavy atom. The molecule has 0 atom stereocenters. The SMILES string of the molecule is COC(=O)C1=C(O)CN(C(=O)OC(C)(C)C)CC1.Cl. The number of halogens is 1. The van der Waals surface area contributed by atoms with Gasteiger partial charge in [0.2, 0.25) is 0 Å². The zero-order valence-corrected chi connectivity index (χ0v) is 12.4. The molecule has 0 aromatic heterocycles. The van der Waals surface area contributed by atoms with E-state index in [1.807, 2.05) is 0 Å². The van der Waals surface area contributed by atoms with Crippen LogP contribution in [0, 0.1) is 0 Å². The Hall–Kier alpha value is -1.43. The first-order chi connectivity index (χ1) is 8.24. The smallest absolute Gasteiger partial charge is 0.410 e. The van der Waals surface area contributed by atoms with E-state index in [0.29, 0.717) is 6.54 Å². The molecule has 1 amide bonds. The van der Waals surface area contributed by atoms with Gasteiger partial charge in [-0.1, -0.05) is 0 Å². The minimum atomic E-state index is -0.584. The molecular formula is C12H20ClNO5. The zero-order valence-electron chi connectivity index (χ0n) is 11.6. The number of methoxy groups -OCH3 is 1. The van der Waals surface area contributed by atoms with E-state index in [4.69, 9.17) is 4.74 Å². The Balaban J connectivity index is 0.00000324. The van der Waals surface area contributed by atoms with Gasteiger partial charge in [0.05, 0.1) is 19.2 Å². The largest absolute Gasteiger partial charge is 0.510 e. The molecule has 0 bridgehead atoms. The highest BCUT2D eigenvalue weighted by Gasteiger charge is 2.29. The fourth-order valence-electron chi connectivity index (χ4n) is 1.57. The number of carbonyl (C=O) groups excluding carboxylic acids is 2. The Morgan fingerprint density at radius 2 is 1.89 bits per heavy atom. The summed E-state index contributed by atoms with van der Waals surface area (Å²) in [5.74, 6) is -0.699. The van der Waals surface area contributed by atoms with Crippen LogP contribution >= 0.6 is 12.4 Å². The predicted octanol–water partition coefficient (Wildman–Crippen LogP) is 2.03. The van der Waals surface area contributed by atoms with Crippen molar-refractivity contribution in [3.8, 4) is 0 Å². The van der Waals surface area contributed by atoms with Crippen LogP contribution in [0.2, 0.25) is 0 Å². The molecule has 0 aromatic carbocycles. The van der Waals surface area contributed by atoms with E-state index in [1.165, 1.54) is 12.0 Å². The van der Waals surface area contributed by atoms with Crippen LogP contribution < -0.4 is 0 Å². The maximum Gasteiger partial charge on any atom is 0.410 e. The van der Waals surface area contributed by atoms with E-state index >= 15 is 0 Å². The van der Waals surface area contributed by atoms with Crippen LogP contribution in [0.5, 0.6) is 0 Å². The summed E-state index contributed by atoms with van der Waals surface area (Å²) in [6, 6.07) is 0. The molecule has 1 N–H and O–H groups in total. The third kappa shape index (κ3) is 4.98. The number of hydrogen-bond acceptors (Lipinski definition) is 5. The molecule has 0 saturated heterocycles. The highest BCUT2D eigenvalue weighted by Crippen LogP contribution is 2.19. The maximum absolute atomic E-state index is 11.8. The van der Waals surface area contributed by atoms with Crippen LogP contribution in [0.1, 0.15) is 27.2 Å².